The first-order valence-electron chi connectivity index (χ1n) is 7.81. The van der Waals surface area contributed by atoms with E-state index in [4.69, 9.17) is 0 Å². The van der Waals surface area contributed by atoms with E-state index < -0.39 is 0 Å². The first-order chi connectivity index (χ1) is 9.30. The second kappa shape index (κ2) is 6.95. The van der Waals surface area contributed by atoms with Gasteiger partial charge in [0.2, 0.25) is 0 Å². The highest BCUT2D eigenvalue weighted by atomic mass is 15.1. The molecule has 0 saturated heterocycles. The highest BCUT2D eigenvalue weighted by Crippen LogP contribution is 2.32. The number of anilines is 1. The molecule has 0 heterocycles. The number of para-hydroxylation sites is 1. The van der Waals surface area contributed by atoms with Gasteiger partial charge in [0.15, 0.2) is 0 Å². The van der Waals surface area contributed by atoms with Gasteiger partial charge in [0, 0.05) is 24.8 Å². The van der Waals surface area contributed by atoms with Crippen LogP contribution in [0.1, 0.15) is 51.1 Å². The zero-order valence-corrected chi connectivity index (χ0v) is 12.7. The maximum Gasteiger partial charge on any atom is 0.0414 e. The zero-order valence-electron chi connectivity index (χ0n) is 12.7. The molecule has 1 saturated carbocycles. The van der Waals surface area contributed by atoms with Gasteiger partial charge >= 0.3 is 0 Å². The average Bonchev–Trinajstić information content (AvgIpc) is 2.40. The fraction of sp³-hybridized carbons (Fsp3) is 0.647. The predicted octanol–water partition coefficient (Wildman–Crippen LogP) is 3.98. The van der Waals surface area contributed by atoms with Gasteiger partial charge in [0.05, 0.1) is 0 Å². The van der Waals surface area contributed by atoms with Crippen LogP contribution in [-0.2, 0) is 0 Å². The second-order valence-electron chi connectivity index (χ2n) is 5.64. The minimum Gasteiger partial charge on any atom is -0.371 e. The first kappa shape index (κ1) is 14.4. The monoisotopic (exact) mass is 260 g/mol. The van der Waals surface area contributed by atoms with Crippen LogP contribution in [0.15, 0.2) is 24.3 Å². The molecule has 0 aliphatic heterocycles. The summed E-state index contributed by atoms with van der Waals surface area (Å²) < 4.78 is 0. The van der Waals surface area contributed by atoms with Crippen molar-refractivity contribution in [2.75, 3.05) is 25.0 Å². The minimum absolute atomic E-state index is 0.464. The van der Waals surface area contributed by atoms with Crippen LogP contribution >= 0.6 is 0 Å². The van der Waals surface area contributed by atoms with Crippen molar-refractivity contribution < 1.29 is 0 Å². The number of benzene rings is 1. The summed E-state index contributed by atoms with van der Waals surface area (Å²) in [6, 6.07) is 9.37. The largest absolute Gasteiger partial charge is 0.371 e. The highest BCUT2D eigenvalue weighted by molar-refractivity contribution is 5.55. The van der Waals surface area contributed by atoms with Gasteiger partial charge in [-0.1, -0.05) is 31.5 Å². The Balaban J connectivity index is 2.20. The van der Waals surface area contributed by atoms with Crippen molar-refractivity contribution in [1.82, 2.24) is 5.32 Å². The zero-order chi connectivity index (χ0) is 13.7. The van der Waals surface area contributed by atoms with Gasteiger partial charge in [-0.15, -0.1) is 0 Å². The van der Waals surface area contributed by atoms with Crippen molar-refractivity contribution in [3.63, 3.8) is 0 Å². The van der Waals surface area contributed by atoms with Crippen LogP contribution in [0.4, 0.5) is 5.69 Å². The fourth-order valence-electron chi connectivity index (χ4n) is 3.03. The Labute approximate surface area is 118 Å². The molecule has 1 aromatic carbocycles. The summed E-state index contributed by atoms with van der Waals surface area (Å²) in [6.07, 6.45) is 5.40. The molecule has 0 bridgehead atoms. The third-order valence-electron chi connectivity index (χ3n) is 4.49. The van der Waals surface area contributed by atoms with Crippen LogP contribution in [0.5, 0.6) is 0 Å². The summed E-state index contributed by atoms with van der Waals surface area (Å²) in [5, 5.41) is 3.44. The molecular formula is C17H28N2. The van der Waals surface area contributed by atoms with E-state index in [-0.39, 0.29) is 0 Å². The van der Waals surface area contributed by atoms with Gasteiger partial charge in [-0.2, -0.15) is 0 Å². The Kier molecular flexibility index (Phi) is 5.26. The van der Waals surface area contributed by atoms with E-state index in [1.807, 2.05) is 0 Å². The lowest BCUT2D eigenvalue weighted by Gasteiger charge is -2.35. The van der Waals surface area contributed by atoms with Crippen molar-refractivity contribution in [2.45, 2.75) is 45.6 Å². The van der Waals surface area contributed by atoms with Gasteiger partial charge < -0.3 is 10.2 Å². The molecule has 1 unspecified atom stereocenters. The maximum absolute atomic E-state index is 3.44. The van der Waals surface area contributed by atoms with Crippen LogP contribution in [0.2, 0.25) is 0 Å². The lowest BCUT2D eigenvalue weighted by Crippen LogP contribution is -2.33. The molecule has 106 valence electrons. The summed E-state index contributed by atoms with van der Waals surface area (Å²) in [5.74, 6) is 0.919. The standard InChI is InChI=1S/C17H28N2/c1-4-16(18-3)15-11-6-7-12-17(15)19(5-2)13-14-9-8-10-14/h6-7,11-12,14,16,18H,4-5,8-10,13H2,1-3H3. The van der Waals surface area contributed by atoms with E-state index in [1.54, 1.807) is 0 Å². The minimum atomic E-state index is 0.464. The predicted molar refractivity (Wildman–Crippen MR) is 83.8 cm³/mol. The van der Waals surface area contributed by atoms with Crippen LogP contribution < -0.4 is 10.2 Å². The summed E-state index contributed by atoms with van der Waals surface area (Å²) in [6.45, 7) is 6.86. The van der Waals surface area contributed by atoms with E-state index in [0.717, 1.165) is 18.9 Å². The van der Waals surface area contributed by atoms with Gasteiger partial charge in [0.25, 0.3) is 0 Å². The Morgan fingerprint density at radius 2 is 2.00 bits per heavy atom. The van der Waals surface area contributed by atoms with Gasteiger partial charge in [-0.25, -0.2) is 0 Å². The molecule has 1 aliphatic carbocycles. The molecule has 1 atom stereocenters. The molecule has 1 N–H and O–H groups in total. The number of nitrogens with one attached hydrogen (secondary N) is 1. The number of hydrogen-bond donors (Lipinski definition) is 1. The molecule has 0 radical (unpaired) electrons. The molecule has 1 aromatic rings. The third kappa shape index (κ3) is 3.30. The molecule has 0 amide bonds. The normalized spacial score (nSPS) is 17.0. The quantitative estimate of drug-likeness (QED) is 0.797. The molecule has 2 heteroatoms. The van der Waals surface area contributed by atoms with Crippen LogP contribution in [0.25, 0.3) is 0 Å². The van der Waals surface area contributed by atoms with Gasteiger partial charge in [-0.05, 0) is 50.8 Å². The fourth-order valence-corrected chi connectivity index (χ4v) is 3.03. The smallest absolute Gasteiger partial charge is 0.0414 e. The number of nitrogens with zero attached hydrogens (tertiary/aromatic N) is 1. The van der Waals surface area contributed by atoms with Crippen molar-refractivity contribution >= 4 is 5.69 Å². The lowest BCUT2D eigenvalue weighted by atomic mass is 9.85. The van der Waals surface area contributed by atoms with Crippen molar-refractivity contribution in [3.05, 3.63) is 29.8 Å². The van der Waals surface area contributed by atoms with Gasteiger partial charge in [-0.3, -0.25) is 0 Å². The molecule has 2 rings (SSSR count). The molecule has 0 aromatic heterocycles. The van der Waals surface area contributed by atoms with Crippen molar-refractivity contribution in [3.8, 4) is 0 Å². The SMILES string of the molecule is CCC(NC)c1ccccc1N(CC)CC1CCC1. The van der Waals surface area contributed by atoms with Crippen LogP contribution in [-0.4, -0.2) is 20.1 Å². The van der Waals surface area contributed by atoms with Crippen molar-refractivity contribution in [1.29, 1.82) is 0 Å². The van der Waals surface area contributed by atoms with E-state index in [1.165, 1.54) is 37.1 Å². The van der Waals surface area contributed by atoms with Crippen LogP contribution in [0.3, 0.4) is 0 Å². The average molecular weight is 260 g/mol. The summed E-state index contributed by atoms with van der Waals surface area (Å²) in [7, 11) is 2.06. The highest BCUT2D eigenvalue weighted by Gasteiger charge is 2.22. The summed E-state index contributed by atoms with van der Waals surface area (Å²) in [5.41, 5.74) is 2.88. The topological polar surface area (TPSA) is 15.3 Å². The Morgan fingerprint density at radius 1 is 1.26 bits per heavy atom. The maximum atomic E-state index is 3.44. The number of rotatable bonds is 7. The molecular weight excluding hydrogens is 232 g/mol. The molecule has 1 fully saturated rings. The van der Waals surface area contributed by atoms with E-state index in [2.05, 4.69) is 55.4 Å². The Bertz CT molecular complexity index is 381. The summed E-state index contributed by atoms with van der Waals surface area (Å²) in [4.78, 5) is 2.57. The van der Waals surface area contributed by atoms with E-state index in [9.17, 15) is 0 Å². The third-order valence-corrected chi connectivity index (χ3v) is 4.49. The van der Waals surface area contributed by atoms with E-state index in [0.29, 0.717) is 6.04 Å². The number of hydrogen-bond acceptors (Lipinski definition) is 2. The molecule has 2 nitrogen and oxygen atoms in total. The molecule has 0 spiro atoms. The lowest BCUT2D eigenvalue weighted by molar-refractivity contribution is 0.318. The van der Waals surface area contributed by atoms with Crippen LogP contribution in [0, 0.1) is 5.92 Å². The molecule has 1 aliphatic rings. The van der Waals surface area contributed by atoms with Crippen molar-refractivity contribution in [2.24, 2.45) is 5.92 Å². The van der Waals surface area contributed by atoms with E-state index >= 15 is 0 Å². The Morgan fingerprint density at radius 3 is 2.53 bits per heavy atom. The Hall–Kier alpha value is -1.02. The van der Waals surface area contributed by atoms with Gasteiger partial charge in [0.1, 0.15) is 0 Å². The first-order valence-corrected chi connectivity index (χ1v) is 7.81. The summed E-state index contributed by atoms with van der Waals surface area (Å²) >= 11 is 0. The second-order valence-corrected chi connectivity index (χ2v) is 5.64. The molecule has 19 heavy (non-hydrogen) atoms.